The van der Waals surface area contributed by atoms with Crippen LogP contribution in [0.15, 0.2) is 24.3 Å². The summed E-state index contributed by atoms with van der Waals surface area (Å²) in [6.45, 7) is 1.11. The van der Waals surface area contributed by atoms with Crippen LogP contribution in [0.25, 0.3) is 0 Å². The van der Waals surface area contributed by atoms with E-state index < -0.39 is 0 Å². The summed E-state index contributed by atoms with van der Waals surface area (Å²) in [4.78, 5) is 12.2. The molecule has 0 radical (unpaired) electrons. The van der Waals surface area contributed by atoms with Gasteiger partial charge in [0.05, 0.1) is 12.5 Å². The van der Waals surface area contributed by atoms with Crippen LogP contribution in [-0.2, 0) is 22.7 Å². The Kier molecular flexibility index (Phi) is 5.56. The van der Waals surface area contributed by atoms with Gasteiger partial charge in [-0.25, -0.2) is 0 Å². The topological polar surface area (TPSA) is 64.3 Å². The summed E-state index contributed by atoms with van der Waals surface area (Å²) < 4.78 is 5.18. The Bertz CT molecular complexity index is 448. The molecule has 110 valence electrons. The number of amides is 1. The van der Waals surface area contributed by atoms with Crippen LogP contribution in [0.2, 0.25) is 0 Å². The molecule has 4 nitrogen and oxygen atoms in total. The number of methoxy groups -OCH3 is 1. The Balaban J connectivity index is 1.92. The average molecular weight is 276 g/mol. The van der Waals surface area contributed by atoms with Crippen molar-refractivity contribution in [2.45, 2.75) is 44.9 Å². The van der Waals surface area contributed by atoms with Gasteiger partial charge < -0.3 is 15.8 Å². The first-order valence-electron chi connectivity index (χ1n) is 7.31. The summed E-state index contributed by atoms with van der Waals surface area (Å²) in [6, 6.07) is 8.02. The van der Waals surface area contributed by atoms with Gasteiger partial charge in [-0.05, 0) is 24.0 Å². The predicted octanol–water partition coefficient (Wildman–Crippen LogP) is 1.97. The monoisotopic (exact) mass is 276 g/mol. The smallest absolute Gasteiger partial charge is 0.224 e. The minimum Gasteiger partial charge on any atom is -0.380 e. The van der Waals surface area contributed by atoms with Crippen molar-refractivity contribution < 1.29 is 9.53 Å². The fraction of sp³-hybridized carbons (Fsp3) is 0.562. The maximum absolute atomic E-state index is 12.2. The third kappa shape index (κ3) is 3.81. The lowest BCUT2D eigenvalue weighted by molar-refractivity contribution is -0.126. The molecule has 1 aromatic carbocycles. The quantitative estimate of drug-likeness (QED) is 0.864. The molecule has 2 atom stereocenters. The summed E-state index contributed by atoms with van der Waals surface area (Å²) in [6.07, 6.45) is 4.11. The normalized spacial score (nSPS) is 22.5. The van der Waals surface area contributed by atoms with Gasteiger partial charge in [-0.15, -0.1) is 0 Å². The molecule has 0 spiro atoms. The first-order chi connectivity index (χ1) is 9.72. The van der Waals surface area contributed by atoms with Crippen LogP contribution in [0.4, 0.5) is 0 Å². The molecule has 1 aliphatic rings. The highest BCUT2D eigenvalue weighted by Gasteiger charge is 2.27. The van der Waals surface area contributed by atoms with E-state index in [1.807, 2.05) is 24.3 Å². The summed E-state index contributed by atoms with van der Waals surface area (Å²) in [5, 5.41) is 3.02. The number of nitrogens with two attached hydrogens (primary N) is 1. The van der Waals surface area contributed by atoms with Crippen molar-refractivity contribution in [3.05, 3.63) is 35.4 Å². The molecule has 1 aliphatic carbocycles. The largest absolute Gasteiger partial charge is 0.380 e. The van der Waals surface area contributed by atoms with E-state index in [0.717, 1.165) is 36.8 Å². The number of hydrogen-bond acceptors (Lipinski definition) is 3. The van der Waals surface area contributed by atoms with Crippen LogP contribution in [0.1, 0.15) is 36.8 Å². The molecule has 1 fully saturated rings. The minimum absolute atomic E-state index is 0.0120. The Morgan fingerprint density at radius 2 is 2.00 bits per heavy atom. The molecule has 0 aromatic heterocycles. The van der Waals surface area contributed by atoms with Crippen molar-refractivity contribution in [1.29, 1.82) is 0 Å². The summed E-state index contributed by atoms with van der Waals surface area (Å²) in [5.74, 6) is 0.0581. The van der Waals surface area contributed by atoms with E-state index in [1.165, 1.54) is 0 Å². The van der Waals surface area contributed by atoms with E-state index in [0.29, 0.717) is 13.2 Å². The molecule has 4 heteroatoms. The third-order valence-corrected chi connectivity index (χ3v) is 4.03. The van der Waals surface area contributed by atoms with E-state index >= 15 is 0 Å². The highest BCUT2D eigenvalue weighted by Crippen LogP contribution is 2.23. The van der Waals surface area contributed by atoms with Gasteiger partial charge in [-0.1, -0.05) is 37.1 Å². The van der Waals surface area contributed by atoms with Gasteiger partial charge in [0, 0.05) is 19.7 Å². The highest BCUT2D eigenvalue weighted by atomic mass is 16.5. The van der Waals surface area contributed by atoms with Crippen molar-refractivity contribution in [3.63, 3.8) is 0 Å². The zero-order chi connectivity index (χ0) is 14.4. The van der Waals surface area contributed by atoms with Gasteiger partial charge in [0.1, 0.15) is 0 Å². The zero-order valence-electron chi connectivity index (χ0n) is 12.1. The number of nitrogens with one attached hydrogen (secondary N) is 1. The van der Waals surface area contributed by atoms with Crippen LogP contribution in [0, 0.1) is 5.92 Å². The molecule has 2 rings (SSSR count). The van der Waals surface area contributed by atoms with Crippen molar-refractivity contribution in [1.82, 2.24) is 5.32 Å². The number of rotatable bonds is 5. The molecule has 0 heterocycles. The summed E-state index contributed by atoms with van der Waals surface area (Å²) in [5.41, 5.74) is 8.26. The molecular weight excluding hydrogens is 252 g/mol. The first kappa shape index (κ1) is 15.0. The van der Waals surface area contributed by atoms with Crippen LogP contribution < -0.4 is 11.1 Å². The van der Waals surface area contributed by atoms with Crippen LogP contribution in [0.3, 0.4) is 0 Å². The van der Waals surface area contributed by atoms with Crippen LogP contribution in [-0.4, -0.2) is 19.1 Å². The molecule has 3 N–H and O–H groups in total. The third-order valence-electron chi connectivity index (χ3n) is 4.03. The number of carbonyl (C=O) groups excluding carboxylic acids is 1. The summed E-state index contributed by atoms with van der Waals surface area (Å²) in [7, 11) is 1.68. The van der Waals surface area contributed by atoms with Gasteiger partial charge in [0.15, 0.2) is 0 Å². The summed E-state index contributed by atoms with van der Waals surface area (Å²) >= 11 is 0. The Labute approximate surface area is 120 Å². The van der Waals surface area contributed by atoms with Crippen LogP contribution >= 0.6 is 0 Å². The fourth-order valence-electron chi connectivity index (χ4n) is 2.82. The second-order valence-electron chi connectivity index (χ2n) is 5.47. The molecule has 0 saturated heterocycles. The molecule has 1 aromatic rings. The van der Waals surface area contributed by atoms with E-state index in [9.17, 15) is 4.79 Å². The Hall–Kier alpha value is -1.39. The first-order valence-corrected chi connectivity index (χ1v) is 7.31. The molecule has 1 amide bonds. The Morgan fingerprint density at radius 3 is 2.70 bits per heavy atom. The van der Waals surface area contributed by atoms with E-state index in [1.54, 1.807) is 7.11 Å². The lowest BCUT2D eigenvalue weighted by Crippen LogP contribution is -2.43. The Morgan fingerprint density at radius 1 is 1.30 bits per heavy atom. The van der Waals surface area contributed by atoms with E-state index in [2.05, 4.69) is 5.32 Å². The molecule has 0 bridgehead atoms. The van der Waals surface area contributed by atoms with Gasteiger partial charge >= 0.3 is 0 Å². The van der Waals surface area contributed by atoms with Crippen molar-refractivity contribution in [2.24, 2.45) is 11.7 Å². The average Bonchev–Trinajstić information content (AvgIpc) is 2.47. The maximum atomic E-state index is 12.2. The highest BCUT2D eigenvalue weighted by molar-refractivity contribution is 5.79. The second-order valence-corrected chi connectivity index (χ2v) is 5.47. The maximum Gasteiger partial charge on any atom is 0.224 e. The molecule has 2 unspecified atom stereocenters. The minimum atomic E-state index is -0.0293. The van der Waals surface area contributed by atoms with Gasteiger partial charge in [-0.3, -0.25) is 4.79 Å². The van der Waals surface area contributed by atoms with E-state index in [-0.39, 0.29) is 17.9 Å². The van der Waals surface area contributed by atoms with Crippen molar-refractivity contribution in [3.8, 4) is 0 Å². The number of benzene rings is 1. The number of ether oxygens (including phenoxy) is 1. The molecular formula is C16H24N2O2. The second kappa shape index (κ2) is 7.41. The molecule has 0 aliphatic heterocycles. The lowest BCUT2D eigenvalue weighted by atomic mass is 9.84. The van der Waals surface area contributed by atoms with Gasteiger partial charge in [0.25, 0.3) is 0 Å². The van der Waals surface area contributed by atoms with Gasteiger partial charge in [-0.2, -0.15) is 0 Å². The standard InChI is InChI=1S/C16H24N2O2/c1-20-11-13-7-3-2-6-12(13)10-18-16(19)14-8-4-5-9-15(14)17/h2-3,6-7,14-15H,4-5,8-11,17H2,1H3,(H,18,19). The van der Waals surface area contributed by atoms with Crippen LogP contribution in [0.5, 0.6) is 0 Å². The SMILES string of the molecule is COCc1ccccc1CNC(=O)C1CCCCC1N. The van der Waals surface area contributed by atoms with Crippen molar-refractivity contribution >= 4 is 5.91 Å². The lowest BCUT2D eigenvalue weighted by Gasteiger charge is -2.27. The van der Waals surface area contributed by atoms with Crippen molar-refractivity contribution in [2.75, 3.05) is 7.11 Å². The fourth-order valence-corrected chi connectivity index (χ4v) is 2.82. The predicted molar refractivity (Wildman–Crippen MR) is 78.9 cm³/mol. The zero-order valence-corrected chi connectivity index (χ0v) is 12.1. The molecule has 1 saturated carbocycles. The van der Waals surface area contributed by atoms with E-state index in [4.69, 9.17) is 10.5 Å². The number of carbonyl (C=O) groups is 1. The molecule has 20 heavy (non-hydrogen) atoms. The number of hydrogen-bond donors (Lipinski definition) is 2. The van der Waals surface area contributed by atoms with Gasteiger partial charge in [0.2, 0.25) is 5.91 Å².